The highest BCUT2D eigenvalue weighted by atomic mass is 79.9. The minimum atomic E-state index is -0.601. The summed E-state index contributed by atoms with van der Waals surface area (Å²) >= 11 is 9.11. The van der Waals surface area contributed by atoms with Crippen molar-refractivity contribution in [2.45, 2.75) is 6.92 Å². The number of hydrogen-bond donors (Lipinski definition) is 0. The lowest BCUT2D eigenvalue weighted by Gasteiger charge is -2.10. The van der Waals surface area contributed by atoms with Crippen LogP contribution in [0.4, 0.5) is 0 Å². The third kappa shape index (κ3) is 4.32. The number of carbonyl (C=O) groups is 2. The first-order chi connectivity index (χ1) is 10.5. The first-order valence-electron chi connectivity index (χ1n) is 6.36. The summed E-state index contributed by atoms with van der Waals surface area (Å²) in [5.41, 5.74) is 0.350. The zero-order valence-electron chi connectivity index (χ0n) is 11.6. The first kappa shape index (κ1) is 16.5. The van der Waals surface area contributed by atoms with Crippen LogP contribution in [-0.4, -0.2) is 18.4 Å². The summed E-state index contributed by atoms with van der Waals surface area (Å²) in [5.74, 6) is -0.0831. The van der Waals surface area contributed by atoms with Gasteiger partial charge in [0.25, 0.3) is 0 Å². The van der Waals surface area contributed by atoms with Gasteiger partial charge in [0.2, 0.25) is 0 Å². The Labute approximate surface area is 141 Å². The van der Waals surface area contributed by atoms with Gasteiger partial charge in [0.1, 0.15) is 11.5 Å². The maximum absolute atomic E-state index is 11.8. The molecule has 0 radical (unpaired) electrons. The number of benzene rings is 2. The molecule has 0 aromatic heterocycles. The minimum absolute atomic E-state index is 0.176. The van der Waals surface area contributed by atoms with Gasteiger partial charge < -0.3 is 9.47 Å². The lowest BCUT2D eigenvalue weighted by Crippen LogP contribution is -2.18. The zero-order chi connectivity index (χ0) is 16.1. The van der Waals surface area contributed by atoms with Crippen LogP contribution >= 0.6 is 27.5 Å². The fourth-order valence-corrected chi connectivity index (χ4v) is 2.52. The average molecular weight is 384 g/mol. The van der Waals surface area contributed by atoms with Gasteiger partial charge in [0, 0.05) is 5.02 Å². The molecule has 0 unspecified atom stereocenters. The Morgan fingerprint density at radius 3 is 2.55 bits per heavy atom. The number of ether oxygens (including phenoxy) is 2. The molecule has 6 heteroatoms. The van der Waals surface area contributed by atoms with Gasteiger partial charge in [-0.05, 0) is 53.2 Å². The predicted octanol–water partition coefficient (Wildman–Crippen LogP) is 4.29. The van der Waals surface area contributed by atoms with Crippen LogP contribution in [0.2, 0.25) is 5.02 Å². The molecule has 0 bridgehead atoms. The first-order valence-corrected chi connectivity index (χ1v) is 7.53. The molecule has 0 aliphatic carbocycles. The van der Waals surface area contributed by atoms with Crippen LogP contribution in [0.1, 0.15) is 17.3 Å². The standard InChI is InChI=1S/C16H12BrClO4/c1-10(19)12-4-2-3-5-14(12)22-16(20)9-21-15-7-6-11(18)8-13(15)17/h2-8H,9H2,1H3. The molecule has 0 saturated carbocycles. The molecule has 0 atom stereocenters. The normalized spacial score (nSPS) is 10.1. The van der Waals surface area contributed by atoms with Crippen molar-refractivity contribution in [2.75, 3.05) is 6.61 Å². The molecular formula is C16H12BrClO4. The Hall–Kier alpha value is -1.85. The molecule has 0 saturated heterocycles. The van der Waals surface area contributed by atoms with Gasteiger partial charge in [-0.1, -0.05) is 23.7 Å². The third-order valence-corrected chi connectivity index (χ3v) is 3.58. The molecule has 0 N–H and O–H groups in total. The maximum Gasteiger partial charge on any atom is 0.349 e. The lowest BCUT2D eigenvalue weighted by atomic mass is 10.1. The lowest BCUT2D eigenvalue weighted by molar-refractivity contribution is -0.136. The van der Waals surface area contributed by atoms with Gasteiger partial charge in [-0.25, -0.2) is 4.79 Å². The monoisotopic (exact) mass is 382 g/mol. The number of para-hydroxylation sites is 1. The van der Waals surface area contributed by atoms with Crippen LogP contribution in [0.15, 0.2) is 46.9 Å². The Bertz CT molecular complexity index is 715. The molecule has 114 valence electrons. The Morgan fingerprint density at radius 2 is 1.86 bits per heavy atom. The summed E-state index contributed by atoms with van der Waals surface area (Å²) < 4.78 is 11.2. The van der Waals surface area contributed by atoms with Crippen LogP contribution in [0.5, 0.6) is 11.5 Å². The van der Waals surface area contributed by atoms with Crippen molar-refractivity contribution in [1.82, 2.24) is 0 Å². The van der Waals surface area contributed by atoms with Crippen molar-refractivity contribution in [3.63, 3.8) is 0 Å². The van der Waals surface area contributed by atoms with E-state index in [1.165, 1.54) is 6.92 Å². The molecular weight excluding hydrogens is 372 g/mol. The highest BCUT2D eigenvalue weighted by Crippen LogP contribution is 2.28. The van der Waals surface area contributed by atoms with Crippen LogP contribution in [0, 0.1) is 0 Å². The fraction of sp³-hybridized carbons (Fsp3) is 0.125. The molecule has 0 fully saturated rings. The minimum Gasteiger partial charge on any atom is -0.481 e. The topological polar surface area (TPSA) is 52.6 Å². The fourth-order valence-electron chi connectivity index (χ4n) is 1.73. The number of carbonyl (C=O) groups excluding carboxylic acids is 2. The number of halogens is 2. The van der Waals surface area contributed by atoms with E-state index in [0.29, 0.717) is 20.8 Å². The van der Waals surface area contributed by atoms with Crippen molar-refractivity contribution in [1.29, 1.82) is 0 Å². The van der Waals surface area contributed by atoms with Gasteiger partial charge in [0.05, 0.1) is 10.0 Å². The van der Waals surface area contributed by atoms with Gasteiger partial charge in [0.15, 0.2) is 12.4 Å². The SMILES string of the molecule is CC(=O)c1ccccc1OC(=O)COc1ccc(Cl)cc1Br. The van der Waals surface area contributed by atoms with E-state index in [1.54, 1.807) is 42.5 Å². The predicted molar refractivity (Wildman–Crippen MR) is 86.7 cm³/mol. The molecule has 4 nitrogen and oxygen atoms in total. The van der Waals surface area contributed by atoms with Crippen LogP contribution in [0.3, 0.4) is 0 Å². The molecule has 2 aromatic rings. The van der Waals surface area contributed by atoms with E-state index in [4.69, 9.17) is 21.1 Å². The van der Waals surface area contributed by atoms with Gasteiger partial charge >= 0.3 is 5.97 Å². The van der Waals surface area contributed by atoms with Crippen molar-refractivity contribution in [3.8, 4) is 11.5 Å². The summed E-state index contributed by atoms with van der Waals surface area (Å²) in [5, 5.41) is 0.553. The van der Waals surface area contributed by atoms with E-state index in [-0.39, 0.29) is 18.1 Å². The number of rotatable bonds is 5. The van der Waals surface area contributed by atoms with Crippen LogP contribution < -0.4 is 9.47 Å². The van der Waals surface area contributed by atoms with Gasteiger partial charge in [-0.15, -0.1) is 0 Å². The van der Waals surface area contributed by atoms with Gasteiger partial charge in [-0.3, -0.25) is 4.79 Å². The Balaban J connectivity index is 2.00. The van der Waals surface area contributed by atoms with E-state index in [1.807, 2.05) is 0 Å². The van der Waals surface area contributed by atoms with E-state index in [2.05, 4.69) is 15.9 Å². The average Bonchev–Trinajstić information content (AvgIpc) is 2.46. The molecule has 0 aliphatic heterocycles. The highest BCUT2D eigenvalue weighted by molar-refractivity contribution is 9.10. The maximum atomic E-state index is 11.8. The number of Topliss-reactive ketones (excluding diaryl/α,β-unsaturated/α-hetero) is 1. The Morgan fingerprint density at radius 1 is 1.14 bits per heavy atom. The second-order valence-corrected chi connectivity index (χ2v) is 5.68. The van der Waals surface area contributed by atoms with E-state index in [9.17, 15) is 9.59 Å². The van der Waals surface area contributed by atoms with Crippen molar-refractivity contribution < 1.29 is 19.1 Å². The zero-order valence-corrected chi connectivity index (χ0v) is 14.0. The summed E-state index contributed by atoms with van der Waals surface area (Å²) in [6.07, 6.45) is 0. The molecule has 0 amide bonds. The second kappa shape index (κ2) is 7.42. The molecule has 0 aliphatic rings. The number of esters is 1. The van der Waals surface area contributed by atoms with Crippen LogP contribution in [-0.2, 0) is 4.79 Å². The van der Waals surface area contributed by atoms with Crippen molar-refractivity contribution >= 4 is 39.3 Å². The van der Waals surface area contributed by atoms with E-state index in [0.717, 1.165) is 0 Å². The number of ketones is 1. The van der Waals surface area contributed by atoms with Gasteiger partial charge in [-0.2, -0.15) is 0 Å². The van der Waals surface area contributed by atoms with E-state index < -0.39 is 5.97 Å². The molecule has 0 heterocycles. The summed E-state index contributed by atoms with van der Waals surface area (Å²) in [7, 11) is 0. The van der Waals surface area contributed by atoms with Crippen molar-refractivity contribution in [3.05, 3.63) is 57.5 Å². The Kier molecular flexibility index (Phi) is 5.57. The quantitative estimate of drug-likeness (QED) is 0.439. The molecule has 2 aromatic carbocycles. The summed E-state index contributed by atoms with van der Waals surface area (Å²) in [6.45, 7) is 1.13. The number of hydrogen-bond acceptors (Lipinski definition) is 4. The summed E-state index contributed by atoms with van der Waals surface area (Å²) in [6, 6.07) is 11.5. The van der Waals surface area contributed by atoms with E-state index >= 15 is 0 Å². The second-order valence-electron chi connectivity index (χ2n) is 4.39. The smallest absolute Gasteiger partial charge is 0.349 e. The molecule has 22 heavy (non-hydrogen) atoms. The molecule has 0 spiro atoms. The van der Waals surface area contributed by atoms with Crippen molar-refractivity contribution in [2.24, 2.45) is 0 Å². The highest BCUT2D eigenvalue weighted by Gasteiger charge is 2.13. The molecule has 2 rings (SSSR count). The summed E-state index contributed by atoms with van der Waals surface area (Å²) in [4.78, 5) is 23.3. The largest absolute Gasteiger partial charge is 0.481 e. The van der Waals surface area contributed by atoms with Crippen LogP contribution in [0.25, 0.3) is 0 Å². The third-order valence-electron chi connectivity index (χ3n) is 2.73.